The average molecular weight is 387 g/mol. The van der Waals surface area contributed by atoms with Crippen molar-refractivity contribution in [3.05, 3.63) is 58.1 Å². The highest BCUT2D eigenvalue weighted by atomic mass is 32.2. The van der Waals surface area contributed by atoms with Gasteiger partial charge in [0.1, 0.15) is 11.5 Å². The second kappa shape index (κ2) is 8.09. The molecule has 0 saturated carbocycles. The van der Waals surface area contributed by atoms with Gasteiger partial charge >= 0.3 is 0 Å². The summed E-state index contributed by atoms with van der Waals surface area (Å²) in [7, 11) is 3.12. The fraction of sp³-hybridized carbons (Fsp3) is 0.222. The predicted octanol–water partition coefficient (Wildman–Crippen LogP) is 4.52. The van der Waals surface area contributed by atoms with Gasteiger partial charge in [0.15, 0.2) is 0 Å². The summed E-state index contributed by atoms with van der Waals surface area (Å²) in [5.41, 5.74) is 1.51. The van der Waals surface area contributed by atoms with Crippen LogP contribution in [0.2, 0.25) is 0 Å². The zero-order valence-corrected chi connectivity index (χ0v) is 15.7. The van der Waals surface area contributed by atoms with Crippen molar-refractivity contribution in [2.45, 2.75) is 17.4 Å². The molecule has 1 aromatic heterocycles. The summed E-state index contributed by atoms with van der Waals surface area (Å²) >= 11 is 1.33. The highest BCUT2D eigenvalue weighted by molar-refractivity contribution is 7.99. The van der Waals surface area contributed by atoms with E-state index in [1.54, 1.807) is 44.6 Å². The number of benzene rings is 2. The summed E-state index contributed by atoms with van der Waals surface area (Å²) in [5.74, 6) is 1.54. The Balaban J connectivity index is 1.80. The second-order valence-corrected chi connectivity index (χ2v) is 6.84. The Morgan fingerprint density at radius 2 is 1.96 bits per heavy atom. The van der Waals surface area contributed by atoms with Crippen molar-refractivity contribution in [1.82, 2.24) is 10.2 Å². The Bertz CT molecular complexity index is 960. The lowest BCUT2D eigenvalue weighted by molar-refractivity contribution is -0.384. The normalized spacial score (nSPS) is 11.8. The minimum atomic E-state index is -0.415. The molecule has 0 aliphatic heterocycles. The lowest BCUT2D eigenvalue weighted by Crippen LogP contribution is -1.92. The molecule has 0 aliphatic carbocycles. The number of non-ortho nitro benzene ring substituents is 1. The molecule has 0 aliphatic rings. The summed E-state index contributed by atoms with van der Waals surface area (Å²) in [6, 6.07) is 11.8. The molecular weight excluding hydrogens is 370 g/mol. The third-order valence-corrected chi connectivity index (χ3v) is 4.87. The highest BCUT2D eigenvalue weighted by Gasteiger charge is 2.18. The van der Waals surface area contributed by atoms with E-state index in [-0.39, 0.29) is 10.9 Å². The third kappa shape index (κ3) is 4.20. The van der Waals surface area contributed by atoms with Crippen molar-refractivity contribution in [2.75, 3.05) is 14.2 Å². The molecule has 9 heteroatoms. The molecule has 0 unspecified atom stereocenters. The number of hydrogen-bond donors (Lipinski definition) is 0. The third-order valence-electron chi connectivity index (χ3n) is 3.87. The number of ether oxygens (including phenoxy) is 2. The maximum Gasteiger partial charge on any atom is 0.277 e. The van der Waals surface area contributed by atoms with E-state index in [4.69, 9.17) is 13.9 Å². The molecule has 0 saturated heterocycles. The maximum absolute atomic E-state index is 10.9. The van der Waals surface area contributed by atoms with E-state index < -0.39 is 4.92 Å². The lowest BCUT2D eigenvalue weighted by Gasteiger charge is -2.08. The molecule has 1 heterocycles. The van der Waals surface area contributed by atoms with Gasteiger partial charge in [-0.1, -0.05) is 23.9 Å². The molecule has 0 radical (unpaired) electrons. The fourth-order valence-electron chi connectivity index (χ4n) is 2.45. The quantitative estimate of drug-likeness (QED) is 0.331. The molecule has 0 N–H and O–H groups in total. The van der Waals surface area contributed by atoms with Crippen molar-refractivity contribution >= 4 is 17.4 Å². The van der Waals surface area contributed by atoms with Gasteiger partial charge in [-0.3, -0.25) is 10.1 Å². The van der Waals surface area contributed by atoms with Gasteiger partial charge in [0.25, 0.3) is 16.8 Å². The summed E-state index contributed by atoms with van der Waals surface area (Å²) in [6.45, 7) is 1.92. The van der Waals surface area contributed by atoms with E-state index in [0.29, 0.717) is 28.2 Å². The fourth-order valence-corrected chi connectivity index (χ4v) is 3.25. The first kappa shape index (κ1) is 18.7. The minimum absolute atomic E-state index is 0.0501. The maximum atomic E-state index is 10.9. The molecule has 0 amide bonds. The highest BCUT2D eigenvalue weighted by Crippen LogP contribution is 2.38. The molecule has 3 rings (SSSR count). The molecule has 140 valence electrons. The molecule has 0 bridgehead atoms. The topological polar surface area (TPSA) is 101 Å². The summed E-state index contributed by atoms with van der Waals surface area (Å²) < 4.78 is 16.3. The van der Waals surface area contributed by atoms with Crippen LogP contribution < -0.4 is 9.47 Å². The van der Waals surface area contributed by atoms with Gasteiger partial charge in [-0.05, 0) is 24.6 Å². The summed E-state index contributed by atoms with van der Waals surface area (Å²) in [4.78, 5) is 10.5. The first-order valence-corrected chi connectivity index (χ1v) is 8.86. The van der Waals surface area contributed by atoms with Crippen LogP contribution in [0.25, 0.3) is 11.5 Å². The molecule has 8 nitrogen and oxygen atoms in total. The predicted molar refractivity (Wildman–Crippen MR) is 100 cm³/mol. The van der Waals surface area contributed by atoms with Gasteiger partial charge in [-0.25, -0.2) is 0 Å². The van der Waals surface area contributed by atoms with E-state index in [1.807, 2.05) is 13.0 Å². The number of nitro benzene ring substituents is 1. The standard InChI is InChI=1S/C18H17N3O5S/c1-11(12-5-4-6-13(9-12)21(22)23)27-18-20-19-17(26-18)15-8-7-14(24-2)10-16(15)25-3/h4-11H,1-3H3/t11-/m0/s1. The van der Waals surface area contributed by atoms with Crippen LogP contribution in [0, 0.1) is 10.1 Å². The summed E-state index contributed by atoms with van der Waals surface area (Å²) in [6.07, 6.45) is 0. The molecule has 2 aromatic carbocycles. The Hall–Kier alpha value is -3.07. The van der Waals surface area contributed by atoms with Crippen molar-refractivity contribution in [2.24, 2.45) is 0 Å². The monoisotopic (exact) mass is 387 g/mol. The first-order chi connectivity index (χ1) is 13.0. The second-order valence-electron chi connectivity index (χ2n) is 5.55. The van der Waals surface area contributed by atoms with Crippen LogP contribution in [-0.2, 0) is 0 Å². The van der Waals surface area contributed by atoms with Crippen LogP contribution in [0.5, 0.6) is 11.5 Å². The number of hydrogen-bond acceptors (Lipinski definition) is 8. The van der Waals surface area contributed by atoms with Gasteiger partial charge in [-0.15, -0.1) is 10.2 Å². The van der Waals surface area contributed by atoms with Gasteiger partial charge < -0.3 is 13.9 Å². The zero-order valence-electron chi connectivity index (χ0n) is 14.9. The van der Waals surface area contributed by atoms with E-state index >= 15 is 0 Å². The zero-order chi connectivity index (χ0) is 19.4. The number of thioether (sulfide) groups is 1. The van der Waals surface area contributed by atoms with Crippen LogP contribution in [-0.4, -0.2) is 29.3 Å². The van der Waals surface area contributed by atoms with Crippen molar-refractivity contribution < 1.29 is 18.8 Å². The lowest BCUT2D eigenvalue weighted by atomic mass is 10.1. The van der Waals surface area contributed by atoms with Gasteiger partial charge in [0.05, 0.1) is 24.7 Å². The minimum Gasteiger partial charge on any atom is -0.497 e. The van der Waals surface area contributed by atoms with Gasteiger partial charge in [-0.2, -0.15) is 0 Å². The smallest absolute Gasteiger partial charge is 0.277 e. The first-order valence-electron chi connectivity index (χ1n) is 7.98. The average Bonchev–Trinajstić information content (AvgIpc) is 3.15. The van der Waals surface area contributed by atoms with E-state index in [9.17, 15) is 10.1 Å². The van der Waals surface area contributed by atoms with Crippen LogP contribution in [0.4, 0.5) is 5.69 Å². The molecule has 0 fully saturated rings. The molecule has 3 aromatic rings. The number of aromatic nitrogens is 2. The molecular formula is C18H17N3O5S. The largest absolute Gasteiger partial charge is 0.497 e. The number of nitro groups is 1. The van der Waals surface area contributed by atoms with Crippen molar-refractivity contribution in [1.29, 1.82) is 0 Å². The van der Waals surface area contributed by atoms with Crippen LogP contribution in [0.3, 0.4) is 0 Å². The number of methoxy groups -OCH3 is 2. The van der Waals surface area contributed by atoms with E-state index in [1.165, 1.54) is 17.8 Å². The van der Waals surface area contributed by atoms with Crippen LogP contribution in [0.15, 0.2) is 52.1 Å². The number of rotatable bonds is 7. The van der Waals surface area contributed by atoms with Crippen molar-refractivity contribution in [3.8, 4) is 23.0 Å². The van der Waals surface area contributed by atoms with Crippen LogP contribution >= 0.6 is 11.8 Å². The molecule has 1 atom stereocenters. The Morgan fingerprint density at radius 1 is 1.15 bits per heavy atom. The van der Waals surface area contributed by atoms with Crippen molar-refractivity contribution in [3.63, 3.8) is 0 Å². The molecule has 0 spiro atoms. The molecule has 27 heavy (non-hydrogen) atoms. The SMILES string of the molecule is COc1ccc(-c2nnc(S[C@@H](C)c3cccc([N+](=O)[O-])c3)o2)c(OC)c1. The Kier molecular flexibility index (Phi) is 5.60. The Labute approximate surface area is 159 Å². The van der Waals surface area contributed by atoms with E-state index in [2.05, 4.69) is 10.2 Å². The summed E-state index contributed by atoms with van der Waals surface area (Å²) in [5, 5.41) is 19.3. The van der Waals surface area contributed by atoms with E-state index in [0.717, 1.165) is 5.56 Å². The van der Waals surface area contributed by atoms with Crippen LogP contribution in [0.1, 0.15) is 17.7 Å². The van der Waals surface area contributed by atoms with Gasteiger partial charge in [0, 0.05) is 23.4 Å². The Morgan fingerprint density at radius 3 is 2.67 bits per heavy atom. The van der Waals surface area contributed by atoms with Gasteiger partial charge in [0.2, 0.25) is 0 Å². The number of nitrogens with zero attached hydrogens (tertiary/aromatic N) is 3.